The summed E-state index contributed by atoms with van der Waals surface area (Å²) in [7, 11) is 1.44. The number of carbonyl (C=O) groups excluding carboxylic acids is 2. The van der Waals surface area contributed by atoms with Gasteiger partial charge in [-0.1, -0.05) is 0 Å². The van der Waals surface area contributed by atoms with Crippen molar-refractivity contribution in [3.05, 3.63) is 0 Å². The Hall–Kier alpha value is -1.83. The van der Waals surface area contributed by atoms with Crippen LogP contribution in [0.3, 0.4) is 0 Å². The molecule has 102 valence electrons. The van der Waals surface area contributed by atoms with Crippen molar-refractivity contribution in [1.82, 2.24) is 15.5 Å². The van der Waals surface area contributed by atoms with Gasteiger partial charge in [-0.15, -0.1) is 0 Å². The van der Waals surface area contributed by atoms with Gasteiger partial charge >= 0.3 is 12.0 Å². The van der Waals surface area contributed by atoms with Gasteiger partial charge in [-0.25, -0.2) is 9.59 Å². The minimum Gasteiger partial charge on any atom is -0.480 e. The molecule has 1 aliphatic heterocycles. The zero-order valence-corrected chi connectivity index (χ0v) is 10.2. The lowest BCUT2D eigenvalue weighted by Gasteiger charge is -2.23. The maximum absolute atomic E-state index is 11.8. The third-order valence-electron chi connectivity index (χ3n) is 2.80. The number of hydrogen-bond acceptors (Lipinski definition) is 4. The van der Waals surface area contributed by atoms with Crippen molar-refractivity contribution in [3.8, 4) is 0 Å². The molecule has 0 radical (unpaired) electrons. The van der Waals surface area contributed by atoms with E-state index in [4.69, 9.17) is 5.11 Å². The number of hydrogen-bond donors (Lipinski definition) is 4. The van der Waals surface area contributed by atoms with Gasteiger partial charge in [0, 0.05) is 20.0 Å². The van der Waals surface area contributed by atoms with Crippen LogP contribution in [0, 0.1) is 0 Å². The number of aliphatic carboxylic acids is 1. The van der Waals surface area contributed by atoms with Gasteiger partial charge in [0.15, 0.2) is 0 Å². The molecule has 1 aliphatic rings. The van der Waals surface area contributed by atoms with Crippen LogP contribution in [0.15, 0.2) is 0 Å². The molecule has 1 fully saturated rings. The number of amides is 3. The van der Waals surface area contributed by atoms with Gasteiger partial charge in [-0.05, 0) is 6.92 Å². The lowest BCUT2D eigenvalue weighted by molar-refractivity contribution is -0.141. The molecule has 3 amide bonds. The Morgan fingerprint density at radius 1 is 1.39 bits per heavy atom. The first-order valence-corrected chi connectivity index (χ1v) is 5.56. The van der Waals surface area contributed by atoms with Crippen LogP contribution < -0.4 is 10.6 Å². The normalized spacial score (nSPS) is 24.5. The van der Waals surface area contributed by atoms with Gasteiger partial charge in [0.2, 0.25) is 5.91 Å². The monoisotopic (exact) mass is 259 g/mol. The largest absolute Gasteiger partial charge is 0.480 e. The number of rotatable bonds is 3. The number of nitrogens with zero attached hydrogens (tertiary/aromatic N) is 1. The smallest absolute Gasteiger partial charge is 0.326 e. The van der Waals surface area contributed by atoms with Gasteiger partial charge in [-0.3, -0.25) is 4.79 Å². The molecule has 1 unspecified atom stereocenters. The molecule has 1 heterocycles. The number of carboxylic acid groups (broad SMARTS) is 1. The molecule has 0 aromatic rings. The second-order valence-corrected chi connectivity index (χ2v) is 4.18. The fourth-order valence-corrected chi connectivity index (χ4v) is 1.82. The van der Waals surface area contributed by atoms with Crippen molar-refractivity contribution in [2.24, 2.45) is 0 Å². The van der Waals surface area contributed by atoms with Crippen molar-refractivity contribution < 1.29 is 24.6 Å². The third kappa shape index (κ3) is 3.10. The molecule has 0 aromatic heterocycles. The Balaban J connectivity index is 2.65. The van der Waals surface area contributed by atoms with Crippen LogP contribution in [0.4, 0.5) is 4.79 Å². The number of carbonyl (C=O) groups is 3. The summed E-state index contributed by atoms with van der Waals surface area (Å²) >= 11 is 0. The highest BCUT2D eigenvalue weighted by atomic mass is 16.4. The number of likely N-dealkylation sites (tertiary alicyclic amines) is 1. The number of urea groups is 1. The molecule has 0 aliphatic carbocycles. The van der Waals surface area contributed by atoms with Crippen LogP contribution in [0.5, 0.6) is 0 Å². The van der Waals surface area contributed by atoms with Crippen LogP contribution in [0.2, 0.25) is 0 Å². The van der Waals surface area contributed by atoms with E-state index in [1.807, 2.05) is 0 Å². The first kappa shape index (κ1) is 14.2. The van der Waals surface area contributed by atoms with Crippen molar-refractivity contribution in [3.63, 3.8) is 0 Å². The fraction of sp³-hybridized carbons (Fsp3) is 0.700. The van der Waals surface area contributed by atoms with E-state index in [-0.39, 0.29) is 18.9 Å². The van der Waals surface area contributed by atoms with E-state index in [1.54, 1.807) is 0 Å². The molecule has 8 heteroatoms. The second kappa shape index (κ2) is 5.67. The molecule has 1 rings (SSSR count). The minimum absolute atomic E-state index is 0.00287. The molecule has 3 atom stereocenters. The standard InChI is InChI=1S/C10H17N3O5/c1-5(8(15)11-2)12-10(18)13-4-6(14)3-7(13)9(16)17/h5-7,14H,3-4H2,1-2H3,(H,11,15)(H,12,18)(H,16,17)/t5?,6-,7-/m0/s1. The number of nitrogens with one attached hydrogen (secondary N) is 2. The van der Waals surface area contributed by atoms with Crippen LogP contribution in [-0.4, -0.2) is 64.8 Å². The van der Waals surface area contributed by atoms with E-state index in [1.165, 1.54) is 14.0 Å². The van der Waals surface area contributed by atoms with Crippen molar-refractivity contribution >= 4 is 17.9 Å². The Labute approximate surface area is 104 Å². The van der Waals surface area contributed by atoms with Crippen LogP contribution in [-0.2, 0) is 9.59 Å². The van der Waals surface area contributed by atoms with Gasteiger partial charge in [0.05, 0.1) is 6.10 Å². The summed E-state index contributed by atoms with van der Waals surface area (Å²) in [5.41, 5.74) is 0. The van der Waals surface area contributed by atoms with Gasteiger partial charge in [0.1, 0.15) is 12.1 Å². The maximum atomic E-state index is 11.8. The first-order chi connectivity index (χ1) is 8.36. The molecule has 1 saturated heterocycles. The lowest BCUT2D eigenvalue weighted by Crippen LogP contribution is -2.52. The van der Waals surface area contributed by atoms with E-state index in [0.29, 0.717) is 0 Å². The average molecular weight is 259 g/mol. The molecular formula is C10H17N3O5. The fourth-order valence-electron chi connectivity index (χ4n) is 1.82. The van der Waals surface area contributed by atoms with Crippen molar-refractivity contribution in [2.75, 3.05) is 13.6 Å². The summed E-state index contributed by atoms with van der Waals surface area (Å²) in [5.74, 6) is -1.55. The Bertz CT molecular complexity index is 359. The molecule has 8 nitrogen and oxygen atoms in total. The van der Waals surface area contributed by atoms with Gasteiger partial charge in [0.25, 0.3) is 0 Å². The molecule has 0 spiro atoms. The van der Waals surface area contributed by atoms with E-state index < -0.39 is 30.2 Å². The topological polar surface area (TPSA) is 119 Å². The third-order valence-corrected chi connectivity index (χ3v) is 2.80. The van der Waals surface area contributed by atoms with Crippen molar-refractivity contribution in [1.29, 1.82) is 0 Å². The number of likely N-dealkylation sites (N-methyl/N-ethyl adjacent to an activating group) is 1. The van der Waals surface area contributed by atoms with E-state index in [2.05, 4.69) is 10.6 Å². The SMILES string of the molecule is CNC(=O)C(C)NC(=O)N1C[C@@H](O)C[C@H]1C(=O)O. The van der Waals surface area contributed by atoms with Crippen LogP contribution in [0.25, 0.3) is 0 Å². The Morgan fingerprint density at radius 3 is 2.50 bits per heavy atom. The number of aliphatic hydroxyl groups excluding tert-OH is 1. The zero-order valence-electron chi connectivity index (χ0n) is 10.2. The molecule has 0 bridgehead atoms. The molecule has 4 N–H and O–H groups in total. The van der Waals surface area contributed by atoms with E-state index in [9.17, 15) is 19.5 Å². The number of carboxylic acids is 1. The maximum Gasteiger partial charge on any atom is 0.326 e. The molecular weight excluding hydrogens is 242 g/mol. The number of aliphatic hydroxyl groups is 1. The summed E-state index contributed by atoms with van der Waals surface area (Å²) in [4.78, 5) is 35.0. The zero-order chi connectivity index (χ0) is 13.9. The Kier molecular flexibility index (Phi) is 4.49. The van der Waals surface area contributed by atoms with Gasteiger partial charge in [-0.2, -0.15) is 0 Å². The highest BCUT2D eigenvalue weighted by molar-refractivity contribution is 5.88. The summed E-state index contributed by atoms with van der Waals surface area (Å²) < 4.78 is 0. The first-order valence-electron chi connectivity index (χ1n) is 5.56. The predicted molar refractivity (Wildman–Crippen MR) is 60.8 cm³/mol. The number of β-amino-alcohol motifs (C(OH)–C–C–N with tert-alkyl or cyclic N) is 1. The highest BCUT2D eigenvalue weighted by Gasteiger charge is 2.39. The molecule has 0 saturated carbocycles. The molecule has 0 aromatic carbocycles. The lowest BCUT2D eigenvalue weighted by atomic mass is 10.2. The molecule has 18 heavy (non-hydrogen) atoms. The quantitative estimate of drug-likeness (QED) is 0.484. The summed E-state index contributed by atoms with van der Waals surface area (Å²) in [6, 6.07) is -2.50. The van der Waals surface area contributed by atoms with Crippen molar-refractivity contribution in [2.45, 2.75) is 31.5 Å². The highest BCUT2D eigenvalue weighted by Crippen LogP contribution is 2.18. The Morgan fingerprint density at radius 2 is 2.00 bits per heavy atom. The second-order valence-electron chi connectivity index (χ2n) is 4.18. The van der Waals surface area contributed by atoms with Crippen LogP contribution >= 0.6 is 0 Å². The minimum atomic E-state index is -1.17. The summed E-state index contributed by atoms with van der Waals surface area (Å²) in [5, 5.41) is 23.1. The van der Waals surface area contributed by atoms with Crippen LogP contribution in [0.1, 0.15) is 13.3 Å². The predicted octanol–water partition coefficient (Wildman–Crippen LogP) is -1.65. The summed E-state index contributed by atoms with van der Waals surface area (Å²) in [6.45, 7) is 1.43. The summed E-state index contributed by atoms with van der Waals surface area (Å²) in [6.07, 6.45) is -0.857. The average Bonchev–Trinajstić information content (AvgIpc) is 2.70. The van der Waals surface area contributed by atoms with E-state index >= 15 is 0 Å². The van der Waals surface area contributed by atoms with E-state index in [0.717, 1.165) is 4.90 Å². The van der Waals surface area contributed by atoms with Gasteiger partial charge < -0.3 is 25.7 Å².